The maximum absolute atomic E-state index is 12.4. The molecule has 1 aliphatic heterocycles. The third-order valence-electron chi connectivity index (χ3n) is 3.98. The van der Waals surface area contributed by atoms with E-state index in [4.69, 9.17) is 0 Å². The van der Waals surface area contributed by atoms with Crippen molar-refractivity contribution in [2.75, 3.05) is 0 Å². The van der Waals surface area contributed by atoms with E-state index < -0.39 is 0 Å². The number of amides is 1. The Morgan fingerprint density at radius 3 is 2.81 bits per heavy atom. The quantitative estimate of drug-likeness (QED) is 0.709. The lowest BCUT2D eigenvalue weighted by Gasteiger charge is -1.98. The van der Waals surface area contributed by atoms with Gasteiger partial charge in [-0.1, -0.05) is 12.1 Å². The number of amidine groups is 1. The van der Waals surface area contributed by atoms with Crippen LogP contribution in [0.1, 0.15) is 11.1 Å². The highest BCUT2D eigenvalue weighted by Gasteiger charge is 2.24. The van der Waals surface area contributed by atoms with Crippen LogP contribution < -0.4 is 5.32 Å². The average Bonchev–Trinajstić information content (AvgIpc) is 3.18. The van der Waals surface area contributed by atoms with Crippen molar-refractivity contribution in [2.45, 2.75) is 6.92 Å². The van der Waals surface area contributed by atoms with Gasteiger partial charge < -0.3 is 5.32 Å². The normalized spacial score (nSPS) is 16.9. The number of benzene rings is 1. The van der Waals surface area contributed by atoms with Crippen molar-refractivity contribution in [3.63, 3.8) is 0 Å². The van der Waals surface area contributed by atoms with Crippen LogP contribution in [0.5, 0.6) is 0 Å². The molecule has 134 valence electrons. The van der Waals surface area contributed by atoms with Crippen LogP contribution in [0, 0.1) is 6.92 Å². The number of hydrogen-bond donors (Lipinski definition) is 1. The van der Waals surface area contributed by atoms with Crippen LogP contribution in [0.3, 0.4) is 0 Å². The molecule has 0 radical (unpaired) electrons. The number of nitrogens with one attached hydrogen (secondary N) is 1. The van der Waals surface area contributed by atoms with Crippen molar-refractivity contribution < 1.29 is 4.79 Å². The van der Waals surface area contributed by atoms with Crippen LogP contribution in [-0.2, 0) is 11.8 Å². The molecule has 1 aromatic carbocycles. The average molecular weight is 375 g/mol. The molecular weight excluding hydrogens is 358 g/mol. The van der Waals surface area contributed by atoms with Crippen molar-refractivity contribution >= 4 is 34.6 Å². The monoisotopic (exact) mass is 375 g/mol. The van der Waals surface area contributed by atoms with Gasteiger partial charge in [-0.05, 0) is 54.6 Å². The molecule has 0 atom stereocenters. The van der Waals surface area contributed by atoms with Crippen LogP contribution >= 0.6 is 11.8 Å². The number of rotatable bonds is 3. The lowest BCUT2D eigenvalue weighted by atomic mass is 10.1. The number of carbonyl (C=O) groups is 1. The minimum absolute atomic E-state index is 0.157. The lowest BCUT2D eigenvalue weighted by molar-refractivity contribution is -0.115. The summed E-state index contributed by atoms with van der Waals surface area (Å²) in [5, 5.41) is 7.92. The van der Waals surface area contributed by atoms with E-state index in [1.165, 1.54) is 11.8 Å². The number of pyridine rings is 1. The minimum Gasteiger partial charge on any atom is -0.300 e. The Morgan fingerprint density at radius 1 is 1.22 bits per heavy atom. The molecule has 2 aromatic heterocycles. The van der Waals surface area contributed by atoms with Gasteiger partial charge in [-0.25, -0.2) is 4.99 Å². The summed E-state index contributed by atoms with van der Waals surface area (Å²) < 4.78 is 1.74. The smallest absolute Gasteiger partial charge is 0.264 e. The molecule has 3 heterocycles. The molecule has 4 rings (SSSR count). The molecule has 1 fully saturated rings. The molecule has 0 aliphatic carbocycles. The molecule has 0 saturated carbocycles. The number of hydrogen-bond acceptors (Lipinski definition) is 5. The summed E-state index contributed by atoms with van der Waals surface area (Å²) in [7, 11) is 1.86. The molecule has 0 bridgehead atoms. The van der Waals surface area contributed by atoms with Crippen LogP contribution in [0.25, 0.3) is 17.3 Å². The number of nitrogens with zero attached hydrogens (tertiary/aromatic N) is 4. The van der Waals surface area contributed by atoms with Gasteiger partial charge in [-0.2, -0.15) is 5.10 Å². The Labute approximate surface area is 161 Å². The van der Waals surface area contributed by atoms with E-state index in [1.807, 2.05) is 62.6 Å². The maximum Gasteiger partial charge on any atom is 0.264 e. The fourth-order valence-corrected chi connectivity index (χ4v) is 3.62. The molecule has 3 aromatic rings. The highest BCUT2D eigenvalue weighted by molar-refractivity contribution is 8.18. The Morgan fingerprint density at radius 2 is 2.04 bits per heavy atom. The van der Waals surface area contributed by atoms with Crippen LogP contribution in [-0.4, -0.2) is 25.8 Å². The number of aliphatic imine (C=N–C) groups is 1. The molecule has 0 spiro atoms. The lowest BCUT2D eigenvalue weighted by Crippen LogP contribution is -2.19. The van der Waals surface area contributed by atoms with E-state index in [0.717, 1.165) is 28.1 Å². The van der Waals surface area contributed by atoms with Crippen molar-refractivity contribution in [3.8, 4) is 11.3 Å². The number of thioether (sulfide) groups is 1. The van der Waals surface area contributed by atoms with E-state index in [1.54, 1.807) is 17.1 Å². The van der Waals surface area contributed by atoms with Gasteiger partial charge in [-0.15, -0.1) is 0 Å². The first-order valence-corrected chi connectivity index (χ1v) is 9.20. The fraction of sp³-hybridized carbons (Fsp3) is 0.100. The second kappa shape index (κ2) is 7.20. The first kappa shape index (κ1) is 17.2. The van der Waals surface area contributed by atoms with Crippen molar-refractivity contribution in [3.05, 3.63) is 71.0 Å². The zero-order valence-corrected chi connectivity index (χ0v) is 15.7. The maximum atomic E-state index is 12.4. The zero-order chi connectivity index (χ0) is 18.8. The molecule has 7 heteroatoms. The van der Waals surface area contributed by atoms with Crippen LogP contribution in [0.4, 0.5) is 5.69 Å². The van der Waals surface area contributed by atoms with Gasteiger partial charge in [0.25, 0.3) is 5.91 Å². The highest BCUT2D eigenvalue weighted by Crippen LogP contribution is 2.31. The summed E-state index contributed by atoms with van der Waals surface area (Å²) in [5.74, 6) is -0.157. The van der Waals surface area contributed by atoms with Gasteiger partial charge >= 0.3 is 0 Å². The van der Waals surface area contributed by atoms with E-state index in [-0.39, 0.29) is 5.91 Å². The number of carbonyl (C=O) groups excluding carboxylic acids is 1. The third-order valence-corrected chi connectivity index (χ3v) is 4.89. The summed E-state index contributed by atoms with van der Waals surface area (Å²) in [6.07, 6.45) is 7.20. The van der Waals surface area contributed by atoms with E-state index in [2.05, 4.69) is 20.4 Å². The number of aromatic nitrogens is 3. The first-order chi connectivity index (χ1) is 13.1. The summed E-state index contributed by atoms with van der Waals surface area (Å²) in [5.41, 5.74) is 4.58. The molecule has 27 heavy (non-hydrogen) atoms. The van der Waals surface area contributed by atoms with Crippen molar-refractivity contribution in [2.24, 2.45) is 12.0 Å². The van der Waals surface area contributed by atoms with Gasteiger partial charge in [0.15, 0.2) is 5.17 Å². The minimum atomic E-state index is -0.157. The van der Waals surface area contributed by atoms with Gasteiger partial charge in [0.1, 0.15) is 0 Å². The second-order valence-corrected chi connectivity index (χ2v) is 7.19. The van der Waals surface area contributed by atoms with E-state index in [0.29, 0.717) is 10.1 Å². The molecule has 1 aliphatic rings. The molecule has 1 saturated heterocycles. The largest absolute Gasteiger partial charge is 0.300 e. The summed E-state index contributed by atoms with van der Waals surface area (Å²) in [6, 6.07) is 11.6. The topological polar surface area (TPSA) is 72.2 Å². The van der Waals surface area contributed by atoms with Gasteiger partial charge in [0.2, 0.25) is 0 Å². The Bertz CT molecular complexity index is 1070. The van der Waals surface area contributed by atoms with E-state index >= 15 is 0 Å². The highest BCUT2D eigenvalue weighted by atomic mass is 32.2. The van der Waals surface area contributed by atoms with Gasteiger partial charge in [0, 0.05) is 36.8 Å². The van der Waals surface area contributed by atoms with Crippen LogP contribution in [0.15, 0.2) is 64.9 Å². The Hall–Kier alpha value is -3.19. The number of aryl methyl sites for hydroxylation is 2. The molecule has 0 unspecified atom stereocenters. The van der Waals surface area contributed by atoms with Crippen molar-refractivity contribution in [1.29, 1.82) is 0 Å². The van der Waals surface area contributed by atoms with Crippen molar-refractivity contribution in [1.82, 2.24) is 20.1 Å². The molecule has 1 N–H and O–H groups in total. The molecule has 1 amide bonds. The summed E-state index contributed by atoms with van der Waals surface area (Å²) in [4.78, 5) is 21.5. The zero-order valence-electron chi connectivity index (χ0n) is 14.9. The Balaban J connectivity index is 1.65. The van der Waals surface area contributed by atoms with Crippen LogP contribution in [0.2, 0.25) is 0 Å². The Kier molecular flexibility index (Phi) is 4.60. The SMILES string of the molecule is Cc1cccc(N=C2NC(=O)/C(=C/c3cn(C)nc3-c3ccncc3)S2)c1. The standard InChI is InChI=1S/C20H17N5OS/c1-13-4-3-5-16(10-13)22-20-23-19(26)17(27-20)11-15-12-25(2)24-18(15)14-6-8-21-9-7-14/h3-12H,1-2H3,(H,22,23,26)/b17-11-. The summed E-state index contributed by atoms with van der Waals surface area (Å²) in [6.45, 7) is 2.01. The fourth-order valence-electron chi connectivity index (χ4n) is 2.78. The third kappa shape index (κ3) is 3.83. The first-order valence-electron chi connectivity index (χ1n) is 8.39. The predicted molar refractivity (Wildman–Crippen MR) is 108 cm³/mol. The van der Waals surface area contributed by atoms with E-state index in [9.17, 15) is 4.79 Å². The summed E-state index contributed by atoms with van der Waals surface area (Å²) >= 11 is 1.33. The predicted octanol–water partition coefficient (Wildman–Crippen LogP) is 3.68. The molecular formula is C20H17N5OS. The molecule has 6 nitrogen and oxygen atoms in total. The second-order valence-electron chi connectivity index (χ2n) is 6.16. The van der Waals surface area contributed by atoms with Gasteiger partial charge in [-0.3, -0.25) is 14.5 Å². The van der Waals surface area contributed by atoms with Gasteiger partial charge in [0.05, 0.1) is 16.3 Å².